The van der Waals surface area contributed by atoms with E-state index in [0.29, 0.717) is 0 Å². The molecule has 0 aromatic heterocycles. The number of halogens is 2. The fourth-order valence-corrected chi connectivity index (χ4v) is 1.64. The number of amides is 1. The van der Waals surface area contributed by atoms with Gasteiger partial charge in [-0.15, -0.1) is 0 Å². The molecular formula is C13H9F2N3O3. The highest BCUT2D eigenvalue weighted by atomic mass is 19.2. The van der Waals surface area contributed by atoms with Gasteiger partial charge in [0.05, 0.1) is 10.6 Å². The normalized spacial score (nSPS) is 10.2. The lowest BCUT2D eigenvalue weighted by atomic mass is 10.1. The lowest BCUT2D eigenvalue weighted by Crippen LogP contribution is -2.14. The van der Waals surface area contributed by atoms with Crippen molar-refractivity contribution in [3.63, 3.8) is 0 Å². The average Bonchev–Trinajstić information content (AvgIpc) is 2.44. The second-order valence-corrected chi connectivity index (χ2v) is 4.09. The number of nitrogen functional groups attached to an aromatic ring is 1. The lowest BCUT2D eigenvalue weighted by molar-refractivity contribution is -0.383. The van der Waals surface area contributed by atoms with Crippen LogP contribution in [0.2, 0.25) is 0 Å². The summed E-state index contributed by atoms with van der Waals surface area (Å²) < 4.78 is 26.5. The van der Waals surface area contributed by atoms with E-state index < -0.39 is 28.2 Å². The first-order valence-corrected chi connectivity index (χ1v) is 5.69. The van der Waals surface area contributed by atoms with Gasteiger partial charge in [-0.25, -0.2) is 8.78 Å². The molecule has 3 N–H and O–H groups in total. The molecule has 0 bridgehead atoms. The Morgan fingerprint density at radius 3 is 2.62 bits per heavy atom. The third-order valence-electron chi connectivity index (χ3n) is 2.69. The summed E-state index contributed by atoms with van der Waals surface area (Å²) in [6, 6.07) is 6.69. The summed E-state index contributed by atoms with van der Waals surface area (Å²) in [5.74, 6) is -3.14. The minimum atomic E-state index is -1.21. The molecule has 0 saturated carbocycles. The van der Waals surface area contributed by atoms with Gasteiger partial charge >= 0.3 is 0 Å². The number of nitrogens with one attached hydrogen (secondary N) is 1. The largest absolute Gasteiger partial charge is 0.393 e. The summed E-state index contributed by atoms with van der Waals surface area (Å²) >= 11 is 0. The molecule has 2 aromatic rings. The molecule has 2 rings (SSSR count). The van der Waals surface area contributed by atoms with Gasteiger partial charge in [0.1, 0.15) is 5.69 Å². The summed E-state index contributed by atoms with van der Waals surface area (Å²) in [5.41, 5.74) is 4.40. The number of benzene rings is 2. The first kappa shape index (κ1) is 14.4. The second-order valence-electron chi connectivity index (χ2n) is 4.09. The van der Waals surface area contributed by atoms with Crippen LogP contribution < -0.4 is 11.1 Å². The van der Waals surface area contributed by atoms with E-state index in [0.717, 1.165) is 12.1 Å². The third kappa shape index (κ3) is 2.94. The van der Waals surface area contributed by atoms with E-state index in [1.165, 1.54) is 24.3 Å². The number of carbonyl (C=O) groups is 1. The van der Waals surface area contributed by atoms with Crippen LogP contribution in [0.5, 0.6) is 0 Å². The van der Waals surface area contributed by atoms with E-state index in [2.05, 4.69) is 5.32 Å². The zero-order valence-electron chi connectivity index (χ0n) is 10.5. The number of nitro groups is 1. The van der Waals surface area contributed by atoms with Crippen molar-refractivity contribution in [3.8, 4) is 0 Å². The molecular weight excluding hydrogens is 284 g/mol. The highest BCUT2D eigenvalue weighted by Crippen LogP contribution is 2.23. The number of nitrogens with two attached hydrogens (primary N) is 1. The molecule has 0 aliphatic rings. The molecule has 0 fully saturated rings. The molecule has 0 aliphatic carbocycles. The minimum Gasteiger partial charge on any atom is -0.393 e. The van der Waals surface area contributed by atoms with Crippen molar-refractivity contribution in [1.29, 1.82) is 0 Å². The molecule has 0 atom stereocenters. The Kier molecular flexibility index (Phi) is 3.79. The summed E-state index contributed by atoms with van der Waals surface area (Å²) in [6.07, 6.45) is 0. The number of rotatable bonds is 3. The van der Waals surface area contributed by atoms with E-state index in [9.17, 15) is 23.7 Å². The van der Waals surface area contributed by atoms with Crippen LogP contribution in [0.25, 0.3) is 0 Å². The second kappa shape index (κ2) is 5.53. The monoisotopic (exact) mass is 293 g/mol. The maximum Gasteiger partial charge on any atom is 0.292 e. The molecule has 0 radical (unpaired) electrons. The Morgan fingerprint density at radius 1 is 1.24 bits per heavy atom. The van der Waals surface area contributed by atoms with Gasteiger partial charge in [0.25, 0.3) is 11.6 Å². The Morgan fingerprint density at radius 2 is 1.95 bits per heavy atom. The number of nitrogens with zero attached hydrogens (tertiary/aromatic N) is 1. The lowest BCUT2D eigenvalue weighted by Gasteiger charge is -2.07. The summed E-state index contributed by atoms with van der Waals surface area (Å²) in [4.78, 5) is 21.9. The van der Waals surface area contributed by atoms with Crippen LogP contribution in [-0.4, -0.2) is 10.8 Å². The maximum atomic E-state index is 13.4. The van der Waals surface area contributed by atoms with E-state index in [1.807, 2.05) is 0 Å². The van der Waals surface area contributed by atoms with Gasteiger partial charge in [-0.1, -0.05) is 6.07 Å². The Balaban J connectivity index is 2.31. The van der Waals surface area contributed by atoms with Crippen LogP contribution in [0.3, 0.4) is 0 Å². The number of carbonyl (C=O) groups excluding carboxylic acids is 1. The molecule has 0 spiro atoms. The maximum absolute atomic E-state index is 13.4. The van der Waals surface area contributed by atoms with Gasteiger partial charge in [-0.3, -0.25) is 14.9 Å². The van der Waals surface area contributed by atoms with Crippen molar-refractivity contribution < 1.29 is 18.5 Å². The van der Waals surface area contributed by atoms with Crippen molar-refractivity contribution in [3.05, 3.63) is 63.7 Å². The predicted molar refractivity (Wildman–Crippen MR) is 71.8 cm³/mol. The zero-order chi connectivity index (χ0) is 15.6. The number of hydrogen-bond acceptors (Lipinski definition) is 4. The molecule has 0 unspecified atom stereocenters. The van der Waals surface area contributed by atoms with Crippen LogP contribution in [-0.2, 0) is 0 Å². The van der Waals surface area contributed by atoms with E-state index in [-0.39, 0.29) is 16.9 Å². The molecule has 1 amide bonds. The number of hydrogen-bond donors (Lipinski definition) is 2. The van der Waals surface area contributed by atoms with Crippen molar-refractivity contribution in [1.82, 2.24) is 0 Å². The average molecular weight is 293 g/mol. The summed E-state index contributed by atoms with van der Waals surface area (Å²) in [6.45, 7) is 0. The van der Waals surface area contributed by atoms with E-state index in [4.69, 9.17) is 5.73 Å². The predicted octanol–water partition coefficient (Wildman–Crippen LogP) is 2.71. The van der Waals surface area contributed by atoms with Crippen molar-refractivity contribution in [2.24, 2.45) is 0 Å². The molecule has 2 aromatic carbocycles. The van der Waals surface area contributed by atoms with Crippen LogP contribution in [0.1, 0.15) is 10.4 Å². The van der Waals surface area contributed by atoms with Crippen molar-refractivity contribution >= 4 is 23.0 Å². The molecule has 21 heavy (non-hydrogen) atoms. The highest BCUT2D eigenvalue weighted by Gasteiger charge is 2.17. The van der Waals surface area contributed by atoms with Gasteiger partial charge < -0.3 is 11.1 Å². The number of nitro benzene ring substituents is 1. The summed E-state index contributed by atoms with van der Waals surface area (Å²) in [5, 5.41) is 12.9. The SMILES string of the molecule is Nc1ccc(C(=O)Nc2cccc(F)c2F)cc1[N+](=O)[O-]. The fourth-order valence-electron chi connectivity index (χ4n) is 1.64. The van der Waals surface area contributed by atoms with Crippen LogP contribution in [0, 0.1) is 21.7 Å². The molecule has 0 saturated heterocycles. The van der Waals surface area contributed by atoms with Crippen molar-refractivity contribution in [2.75, 3.05) is 11.1 Å². The smallest absolute Gasteiger partial charge is 0.292 e. The topological polar surface area (TPSA) is 98.3 Å². The van der Waals surface area contributed by atoms with E-state index >= 15 is 0 Å². The Bertz CT molecular complexity index is 735. The Labute approximate surface area is 117 Å². The first-order valence-electron chi connectivity index (χ1n) is 5.69. The molecule has 6 nitrogen and oxygen atoms in total. The van der Waals surface area contributed by atoms with Crippen molar-refractivity contribution in [2.45, 2.75) is 0 Å². The van der Waals surface area contributed by atoms with Crippen LogP contribution in [0.15, 0.2) is 36.4 Å². The third-order valence-corrected chi connectivity index (χ3v) is 2.69. The first-order chi connectivity index (χ1) is 9.90. The number of anilines is 2. The quantitative estimate of drug-likeness (QED) is 0.516. The van der Waals surface area contributed by atoms with E-state index in [1.54, 1.807) is 0 Å². The molecule has 0 aliphatic heterocycles. The van der Waals surface area contributed by atoms with Crippen LogP contribution in [0.4, 0.5) is 25.8 Å². The van der Waals surface area contributed by atoms with Gasteiger partial charge in [0, 0.05) is 11.6 Å². The standard InChI is InChI=1S/C13H9F2N3O3/c14-8-2-1-3-10(12(8)15)17-13(19)7-4-5-9(16)11(6-7)18(20)21/h1-6H,16H2,(H,17,19). The molecule has 108 valence electrons. The molecule has 0 heterocycles. The summed E-state index contributed by atoms with van der Waals surface area (Å²) in [7, 11) is 0. The van der Waals surface area contributed by atoms with Gasteiger partial charge in [-0.2, -0.15) is 0 Å². The molecule has 8 heteroatoms. The zero-order valence-corrected chi connectivity index (χ0v) is 10.5. The minimum absolute atomic E-state index is 0.0976. The highest BCUT2D eigenvalue weighted by molar-refractivity contribution is 6.05. The van der Waals surface area contributed by atoms with Crippen LogP contribution >= 0.6 is 0 Å². The Hall–Kier alpha value is -3.03. The van der Waals surface area contributed by atoms with Gasteiger partial charge in [0.15, 0.2) is 11.6 Å². The fraction of sp³-hybridized carbons (Fsp3) is 0. The van der Waals surface area contributed by atoms with Gasteiger partial charge in [0.2, 0.25) is 0 Å². The van der Waals surface area contributed by atoms with Gasteiger partial charge in [-0.05, 0) is 24.3 Å².